The van der Waals surface area contributed by atoms with Gasteiger partial charge in [0.2, 0.25) is 0 Å². The maximum absolute atomic E-state index is 4.25. The zero-order valence-electron chi connectivity index (χ0n) is 8.44. The van der Waals surface area contributed by atoms with Crippen molar-refractivity contribution in [1.29, 1.82) is 0 Å². The van der Waals surface area contributed by atoms with Crippen molar-refractivity contribution < 1.29 is 0 Å². The van der Waals surface area contributed by atoms with Crippen LogP contribution in [0, 0.1) is 13.8 Å². The second-order valence-electron chi connectivity index (χ2n) is 3.42. The molecular weight excluding hydrogens is 174 g/mol. The Bertz CT molecular complexity index is 432. The maximum atomic E-state index is 4.25. The minimum absolute atomic E-state index is 0.799. The van der Waals surface area contributed by atoms with Crippen molar-refractivity contribution in [3.05, 3.63) is 47.5 Å². The smallest absolute Gasteiger partial charge is 0.147 e. The van der Waals surface area contributed by atoms with Crippen LogP contribution in [-0.2, 0) is 6.54 Å². The molecule has 2 aromatic rings. The van der Waals surface area contributed by atoms with Gasteiger partial charge in [-0.2, -0.15) is 5.10 Å². The van der Waals surface area contributed by atoms with Gasteiger partial charge in [-0.25, -0.2) is 9.67 Å². The van der Waals surface area contributed by atoms with Crippen molar-refractivity contribution in [2.24, 2.45) is 0 Å². The van der Waals surface area contributed by atoms with Crippen LogP contribution in [0.2, 0.25) is 0 Å². The van der Waals surface area contributed by atoms with Gasteiger partial charge in [-0.1, -0.05) is 24.3 Å². The molecule has 0 spiro atoms. The van der Waals surface area contributed by atoms with Crippen LogP contribution in [0.25, 0.3) is 0 Å². The Labute approximate surface area is 83.4 Å². The van der Waals surface area contributed by atoms with E-state index in [1.807, 2.05) is 23.7 Å². The molecule has 0 bridgehead atoms. The summed E-state index contributed by atoms with van der Waals surface area (Å²) in [6.45, 7) is 4.81. The molecule has 0 saturated carbocycles. The van der Waals surface area contributed by atoms with Gasteiger partial charge in [-0.15, -0.1) is 0 Å². The highest BCUT2D eigenvalue weighted by Crippen LogP contribution is 2.08. The highest BCUT2D eigenvalue weighted by molar-refractivity contribution is 5.25. The molecule has 0 aliphatic rings. The van der Waals surface area contributed by atoms with Gasteiger partial charge >= 0.3 is 0 Å². The predicted octanol–water partition coefficient (Wildman–Crippen LogP) is 1.94. The SMILES string of the molecule is Cc1ncn(Cc2ccccc2C)n1. The lowest BCUT2D eigenvalue weighted by Gasteiger charge is -2.04. The molecule has 1 heterocycles. The fourth-order valence-corrected chi connectivity index (χ4v) is 1.43. The second-order valence-corrected chi connectivity index (χ2v) is 3.42. The van der Waals surface area contributed by atoms with E-state index in [0.29, 0.717) is 0 Å². The number of hydrogen-bond donors (Lipinski definition) is 0. The van der Waals surface area contributed by atoms with Gasteiger partial charge in [-0.05, 0) is 25.0 Å². The summed E-state index contributed by atoms with van der Waals surface area (Å²) in [7, 11) is 0. The first-order valence-electron chi connectivity index (χ1n) is 4.66. The summed E-state index contributed by atoms with van der Waals surface area (Å²) in [6.07, 6.45) is 1.77. The molecule has 0 saturated heterocycles. The average Bonchev–Trinajstić information content (AvgIpc) is 2.56. The lowest BCUT2D eigenvalue weighted by Crippen LogP contribution is -2.01. The molecule has 0 aliphatic carbocycles. The molecule has 0 fully saturated rings. The van der Waals surface area contributed by atoms with Crippen LogP contribution in [-0.4, -0.2) is 14.8 Å². The number of aromatic nitrogens is 3. The van der Waals surface area contributed by atoms with Gasteiger partial charge in [0, 0.05) is 0 Å². The number of aryl methyl sites for hydroxylation is 2. The van der Waals surface area contributed by atoms with Crippen LogP contribution < -0.4 is 0 Å². The Hall–Kier alpha value is -1.64. The van der Waals surface area contributed by atoms with Gasteiger partial charge in [0.1, 0.15) is 12.2 Å². The molecule has 1 aromatic heterocycles. The summed E-state index contributed by atoms with van der Waals surface area (Å²) in [5.41, 5.74) is 2.58. The monoisotopic (exact) mass is 187 g/mol. The van der Waals surface area contributed by atoms with Crippen molar-refractivity contribution in [1.82, 2.24) is 14.8 Å². The third-order valence-corrected chi connectivity index (χ3v) is 2.24. The first-order valence-corrected chi connectivity index (χ1v) is 4.66. The van der Waals surface area contributed by atoms with Gasteiger partial charge in [-0.3, -0.25) is 0 Å². The standard InChI is InChI=1S/C11H13N3/c1-9-5-3-4-6-11(9)7-14-8-12-10(2)13-14/h3-6,8H,7H2,1-2H3. The fraction of sp³-hybridized carbons (Fsp3) is 0.273. The Morgan fingerprint density at radius 3 is 2.64 bits per heavy atom. The molecular formula is C11H13N3. The second kappa shape index (κ2) is 3.62. The molecule has 0 aliphatic heterocycles. The summed E-state index contributed by atoms with van der Waals surface area (Å²) in [5, 5.41) is 4.25. The molecule has 0 atom stereocenters. The summed E-state index contributed by atoms with van der Waals surface area (Å²) in [5.74, 6) is 0.818. The molecule has 3 nitrogen and oxygen atoms in total. The van der Waals surface area contributed by atoms with Crippen molar-refractivity contribution in [3.63, 3.8) is 0 Å². The molecule has 1 aromatic carbocycles. The van der Waals surface area contributed by atoms with Crippen LogP contribution in [0.5, 0.6) is 0 Å². The third kappa shape index (κ3) is 1.82. The zero-order chi connectivity index (χ0) is 9.97. The van der Waals surface area contributed by atoms with E-state index in [1.165, 1.54) is 11.1 Å². The molecule has 0 N–H and O–H groups in total. The van der Waals surface area contributed by atoms with E-state index in [9.17, 15) is 0 Å². The first kappa shape index (κ1) is 8.94. The number of nitrogens with zero attached hydrogens (tertiary/aromatic N) is 3. The normalized spacial score (nSPS) is 10.4. The largest absolute Gasteiger partial charge is 0.248 e. The molecule has 2 rings (SSSR count). The molecule has 72 valence electrons. The topological polar surface area (TPSA) is 30.7 Å². The van der Waals surface area contributed by atoms with Crippen molar-refractivity contribution in [2.45, 2.75) is 20.4 Å². The molecule has 0 unspecified atom stereocenters. The van der Waals surface area contributed by atoms with E-state index in [1.54, 1.807) is 6.33 Å². The minimum atomic E-state index is 0.799. The number of hydrogen-bond acceptors (Lipinski definition) is 2. The molecule has 0 amide bonds. The van der Waals surface area contributed by atoms with E-state index in [0.717, 1.165) is 12.4 Å². The van der Waals surface area contributed by atoms with Crippen molar-refractivity contribution >= 4 is 0 Å². The van der Waals surface area contributed by atoms with Gasteiger partial charge in [0.25, 0.3) is 0 Å². The van der Waals surface area contributed by atoms with E-state index in [-0.39, 0.29) is 0 Å². The summed E-state index contributed by atoms with van der Waals surface area (Å²) in [6, 6.07) is 8.32. The van der Waals surface area contributed by atoms with Gasteiger partial charge in [0.15, 0.2) is 0 Å². The van der Waals surface area contributed by atoms with Gasteiger partial charge in [0.05, 0.1) is 6.54 Å². The van der Waals surface area contributed by atoms with Crippen LogP contribution in [0.15, 0.2) is 30.6 Å². The average molecular weight is 187 g/mol. The molecule has 0 radical (unpaired) electrons. The summed E-state index contributed by atoms with van der Waals surface area (Å²) >= 11 is 0. The highest BCUT2D eigenvalue weighted by Gasteiger charge is 1.99. The van der Waals surface area contributed by atoms with E-state index >= 15 is 0 Å². The lowest BCUT2D eigenvalue weighted by atomic mass is 10.1. The Kier molecular flexibility index (Phi) is 2.31. The van der Waals surface area contributed by atoms with Crippen molar-refractivity contribution in [3.8, 4) is 0 Å². The van der Waals surface area contributed by atoms with Crippen molar-refractivity contribution in [2.75, 3.05) is 0 Å². The Balaban J connectivity index is 2.23. The zero-order valence-corrected chi connectivity index (χ0v) is 8.44. The highest BCUT2D eigenvalue weighted by atomic mass is 15.3. The summed E-state index contributed by atoms with van der Waals surface area (Å²) in [4.78, 5) is 4.09. The summed E-state index contributed by atoms with van der Waals surface area (Å²) < 4.78 is 1.86. The van der Waals surface area contributed by atoms with Gasteiger partial charge < -0.3 is 0 Å². The Morgan fingerprint density at radius 1 is 1.21 bits per heavy atom. The first-order chi connectivity index (χ1) is 6.75. The van der Waals surface area contributed by atoms with E-state index in [2.05, 4.69) is 29.1 Å². The van der Waals surface area contributed by atoms with Crippen LogP contribution in [0.4, 0.5) is 0 Å². The van der Waals surface area contributed by atoms with E-state index < -0.39 is 0 Å². The number of benzene rings is 1. The fourth-order valence-electron chi connectivity index (χ4n) is 1.43. The number of rotatable bonds is 2. The van der Waals surface area contributed by atoms with E-state index in [4.69, 9.17) is 0 Å². The lowest BCUT2D eigenvalue weighted by molar-refractivity contribution is 0.676. The minimum Gasteiger partial charge on any atom is -0.248 e. The van der Waals surface area contributed by atoms with Crippen LogP contribution >= 0.6 is 0 Å². The maximum Gasteiger partial charge on any atom is 0.147 e. The predicted molar refractivity (Wildman–Crippen MR) is 55.0 cm³/mol. The Morgan fingerprint density at radius 2 is 2.00 bits per heavy atom. The quantitative estimate of drug-likeness (QED) is 0.719. The molecule has 3 heteroatoms. The van der Waals surface area contributed by atoms with Crippen LogP contribution in [0.1, 0.15) is 17.0 Å². The third-order valence-electron chi connectivity index (χ3n) is 2.24. The molecule has 14 heavy (non-hydrogen) atoms. The van der Waals surface area contributed by atoms with Crippen LogP contribution in [0.3, 0.4) is 0 Å².